The SMILES string of the molecule is CCC(C)(C)C1CCC(N2CCN(C(C)C)CC2)CC1. The highest BCUT2D eigenvalue weighted by Crippen LogP contribution is 2.41. The lowest BCUT2D eigenvalue weighted by atomic mass is 9.68. The summed E-state index contributed by atoms with van der Waals surface area (Å²) in [6.07, 6.45) is 7.12. The van der Waals surface area contributed by atoms with Gasteiger partial charge in [0.15, 0.2) is 0 Å². The summed E-state index contributed by atoms with van der Waals surface area (Å²) in [5.74, 6) is 0.959. The highest BCUT2D eigenvalue weighted by atomic mass is 15.3. The van der Waals surface area contributed by atoms with Gasteiger partial charge in [0.1, 0.15) is 0 Å². The second kappa shape index (κ2) is 6.79. The van der Waals surface area contributed by atoms with Crippen molar-refractivity contribution in [3.63, 3.8) is 0 Å². The van der Waals surface area contributed by atoms with Crippen LogP contribution in [0.4, 0.5) is 0 Å². The third kappa shape index (κ3) is 3.76. The van der Waals surface area contributed by atoms with E-state index in [0.29, 0.717) is 5.41 Å². The second-order valence-electron chi connectivity index (χ2n) is 8.01. The van der Waals surface area contributed by atoms with Gasteiger partial charge in [-0.25, -0.2) is 0 Å². The Morgan fingerprint density at radius 1 is 0.950 bits per heavy atom. The summed E-state index contributed by atoms with van der Waals surface area (Å²) in [6.45, 7) is 17.1. The van der Waals surface area contributed by atoms with Crippen LogP contribution in [0, 0.1) is 11.3 Å². The Balaban J connectivity index is 1.78. The quantitative estimate of drug-likeness (QED) is 0.768. The van der Waals surface area contributed by atoms with Gasteiger partial charge in [0.25, 0.3) is 0 Å². The average Bonchev–Trinajstić information content (AvgIpc) is 2.47. The second-order valence-corrected chi connectivity index (χ2v) is 8.01. The van der Waals surface area contributed by atoms with Crippen LogP contribution in [0.1, 0.15) is 66.7 Å². The fourth-order valence-corrected chi connectivity index (χ4v) is 4.13. The first-order chi connectivity index (χ1) is 9.44. The van der Waals surface area contributed by atoms with Gasteiger partial charge in [-0.15, -0.1) is 0 Å². The number of hydrogen-bond donors (Lipinski definition) is 0. The molecular formula is C18H36N2. The molecule has 20 heavy (non-hydrogen) atoms. The molecule has 1 aliphatic heterocycles. The van der Waals surface area contributed by atoms with E-state index < -0.39 is 0 Å². The van der Waals surface area contributed by atoms with Crippen molar-refractivity contribution in [3.8, 4) is 0 Å². The minimum atomic E-state index is 0.557. The largest absolute Gasteiger partial charge is 0.298 e. The van der Waals surface area contributed by atoms with Crippen LogP contribution in [-0.4, -0.2) is 48.1 Å². The van der Waals surface area contributed by atoms with E-state index >= 15 is 0 Å². The zero-order valence-corrected chi connectivity index (χ0v) is 14.5. The maximum absolute atomic E-state index is 2.79. The zero-order chi connectivity index (χ0) is 14.8. The Labute approximate surface area is 126 Å². The van der Waals surface area contributed by atoms with Crippen molar-refractivity contribution < 1.29 is 0 Å². The predicted octanol–water partition coefficient (Wildman–Crippen LogP) is 4.01. The van der Waals surface area contributed by atoms with Crippen LogP contribution in [0.3, 0.4) is 0 Å². The van der Waals surface area contributed by atoms with E-state index in [1.807, 2.05) is 0 Å². The van der Waals surface area contributed by atoms with Crippen LogP contribution in [0.2, 0.25) is 0 Å². The third-order valence-electron chi connectivity index (χ3n) is 6.31. The molecule has 0 aromatic carbocycles. The van der Waals surface area contributed by atoms with Crippen LogP contribution in [0.5, 0.6) is 0 Å². The van der Waals surface area contributed by atoms with Gasteiger partial charge in [0.05, 0.1) is 0 Å². The first-order valence-corrected chi connectivity index (χ1v) is 8.92. The van der Waals surface area contributed by atoms with Crippen molar-refractivity contribution in [3.05, 3.63) is 0 Å². The molecule has 0 amide bonds. The fourth-order valence-electron chi connectivity index (χ4n) is 4.13. The number of rotatable bonds is 4. The molecule has 118 valence electrons. The van der Waals surface area contributed by atoms with Gasteiger partial charge in [-0.2, -0.15) is 0 Å². The molecule has 2 nitrogen and oxygen atoms in total. The van der Waals surface area contributed by atoms with Crippen LogP contribution in [0.25, 0.3) is 0 Å². The van der Waals surface area contributed by atoms with Crippen molar-refractivity contribution >= 4 is 0 Å². The lowest BCUT2D eigenvalue weighted by Gasteiger charge is -2.45. The highest BCUT2D eigenvalue weighted by Gasteiger charge is 2.34. The van der Waals surface area contributed by atoms with Gasteiger partial charge in [-0.1, -0.05) is 27.2 Å². The summed E-state index contributed by atoms with van der Waals surface area (Å²) in [5.41, 5.74) is 0.557. The molecule has 1 saturated heterocycles. The fraction of sp³-hybridized carbons (Fsp3) is 1.00. The van der Waals surface area contributed by atoms with Crippen molar-refractivity contribution in [2.75, 3.05) is 26.2 Å². The lowest BCUT2D eigenvalue weighted by molar-refractivity contribution is 0.0410. The summed E-state index contributed by atoms with van der Waals surface area (Å²) in [6, 6.07) is 1.60. The molecule has 0 bridgehead atoms. The molecule has 0 aromatic heterocycles. The van der Waals surface area contributed by atoms with E-state index in [1.54, 1.807) is 0 Å². The topological polar surface area (TPSA) is 6.48 Å². The molecule has 0 N–H and O–H groups in total. The predicted molar refractivity (Wildman–Crippen MR) is 88.1 cm³/mol. The Hall–Kier alpha value is -0.0800. The summed E-state index contributed by atoms with van der Waals surface area (Å²) in [5, 5.41) is 0. The van der Waals surface area contributed by atoms with Crippen molar-refractivity contribution in [1.29, 1.82) is 0 Å². The van der Waals surface area contributed by atoms with E-state index in [0.717, 1.165) is 18.0 Å². The Kier molecular flexibility index (Phi) is 5.53. The minimum Gasteiger partial charge on any atom is -0.298 e. The van der Waals surface area contributed by atoms with Crippen LogP contribution in [0.15, 0.2) is 0 Å². The van der Waals surface area contributed by atoms with E-state index in [4.69, 9.17) is 0 Å². The molecule has 1 heterocycles. The first kappa shape index (κ1) is 16.3. The summed E-state index contributed by atoms with van der Waals surface area (Å²) in [4.78, 5) is 5.41. The molecule has 2 rings (SSSR count). The molecule has 0 unspecified atom stereocenters. The van der Waals surface area contributed by atoms with Gasteiger partial charge < -0.3 is 0 Å². The normalized spacial score (nSPS) is 30.9. The van der Waals surface area contributed by atoms with Crippen molar-refractivity contribution in [2.45, 2.75) is 78.8 Å². The summed E-state index contributed by atoms with van der Waals surface area (Å²) < 4.78 is 0. The van der Waals surface area contributed by atoms with E-state index in [2.05, 4.69) is 44.4 Å². The molecule has 2 fully saturated rings. The van der Waals surface area contributed by atoms with E-state index in [9.17, 15) is 0 Å². The smallest absolute Gasteiger partial charge is 0.0113 e. The molecule has 1 aliphatic carbocycles. The van der Waals surface area contributed by atoms with Crippen LogP contribution in [-0.2, 0) is 0 Å². The zero-order valence-electron chi connectivity index (χ0n) is 14.5. The lowest BCUT2D eigenvalue weighted by Crippen LogP contribution is -2.53. The van der Waals surface area contributed by atoms with Crippen LogP contribution >= 0.6 is 0 Å². The molecule has 1 saturated carbocycles. The van der Waals surface area contributed by atoms with Gasteiger partial charge in [0.2, 0.25) is 0 Å². The Bertz CT molecular complexity index is 282. The average molecular weight is 280 g/mol. The molecule has 2 aliphatic rings. The number of hydrogen-bond acceptors (Lipinski definition) is 2. The van der Waals surface area contributed by atoms with Crippen molar-refractivity contribution in [2.24, 2.45) is 11.3 Å². The third-order valence-corrected chi connectivity index (χ3v) is 6.31. The maximum atomic E-state index is 2.79. The molecule has 0 spiro atoms. The summed E-state index contributed by atoms with van der Waals surface area (Å²) >= 11 is 0. The van der Waals surface area contributed by atoms with E-state index in [-0.39, 0.29) is 0 Å². The van der Waals surface area contributed by atoms with Gasteiger partial charge in [0, 0.05) is 38.3 Å². The van der Waals surface area contributed by atoms with Gasteiger partial charge in [-0.3, -0.25) is 9.80 Å². The van der Waals surface area contributed by atoms with E-state index in [1.165, 1.54) is 58.3 Å². The standard InChI is InChI=1S/C18H36N2/c1-6-18(4,5)16-7-9-17(10-8-16)20-13-11-19(12-14-20)15(2)3/h15-17H,6-14H2,1-5H3. The number of nitrogens with zero attached hydrogens (tertiary/aromatic N) is 2. The first-order valence-electron chi connectivity index (χ1n) is 8.92. The van der Waals surface area contributed by atoms with Gasteiger partial charge in [-0.05, 0) is 50.9 Å². The monoisotopic (exact) mass is 280 g/mol. The molecular weight excluding hydrogens is 244 g/mol. The van der Waals surface area contributed by atoms with Gasteiger partial charge >= 0.3 is 0 Å². The minimum absolute atomic E-state index is 0.557. The maximum Gasteiger partial charge on any atom is 0.0113 e. The molecule has 0 atom stereocenters. The highest BCUT2D eigenvalue weighted by molar-refractivity contribution is 4.88. The number of piperazine rings is 1. The Morgan fingerprint density at radius 2 is 1.50 bits per heavy atom. The van der Waals surface area contributed by atoms with Crippen LogP contribution < -0.4 is 0 Å². The summed E-state index contributed by atoms with van der Waals surface area (Å²) in [7, 11) is 0. The molecule has 0 radical (unpaired) electrons. The Morgan fingerprint density at radius 3 is 1.95 bits per heavy atom. The molecule has 0 aromatic rings. The molecule has 2 heteroatoms. The van der Waals surface area contributed by atoms with Crippen molar-refractivity contribution in [1.82, 2.24) is 9.80 Å².